The van der Waals surface area contributed by atoms with Crippen LogP contribution in [0, 0.1) is 0 Å². The summed E-state index contributed by atoms with van der Waals surface area (Å²) >= 11 is 0. The smallest absolute Gasteiger partial charge is 0.412 e. The van der Waals surface area contributed by atoms with Crippen molar-refractivity contribution < 1.29 is 36.2 Å². The first-order valence-electron chi connectivity index (χ1n) is 5.32. The van der Waals surface area contributed by atoms with Crippen molar-refractivity contribution in [2.24, 2.45) is 5.73 Å². The maximum atomic E-state index is 12.2. The molecule has 114 valence electrons. The number of halogens is 6. The number of carboxylic acid groups (broad SMARTS) is 1. The zero-order valence-corrected chi connectivity index (χ0v) is 9.68. The van der Waals surface area contributed by atoms with E-state index >= 15 is 0 Å². The van der Waals surface area contributed by atoms with Crippen LogP contribution < -0.4 is 11.1 Å². The molecule has 4 N–H and O–H groups in total. The maximum absolute atomic E-state index is 12.2. The van der Waals surface area contributed by atoms with E-state index in [0.717, 1.165) is 5.32 Å². The van der Waals surface area contributed by atoms with Crippen molar-refractivity contribution in [3.8, 4) is 0 Å². The summed E-state index contributed by atoms with van der Waals surface area (Å²) in [6.45, 7) is 0.175. The molecule has 0 bridgehead atoms. The summed E-state index contributed by atoms with van der Waals surface area (Å²) < 4.78 is 73.4. The van der Waals surface area contributed by atoms with Gasteiger partial charge in [-0.3, -0.25) is 10.1 Å². The lowest BCUT2D eigenvalue weighted by Crippen LogP contribution is -2.57. The molecule has 0 rings (SSSR count). The molecule has 0 saturated carbocycles. The van der Waals surface area contributed by atoms with Crippen molar-refractivity contribution in [1.29, 1.82) is 0 Å². The Kier molecular flexibility index (Phi) is 6.57. The maximum Gasteiger partial charge on any atom is 0.412 e. The van der Waals surface area contributed by atoms with E-state index in [1.807, 2.05) is 0 Å². The Balaban J connectivity index is 4.81. The Morgan fingerprint density at radius 1 is 1.11 bits per heavy atom. The standard InChI is InChI=1S/C9H14F6N2O2/c10-8(11,12)7(9(13,14)15)17-5(6(18)19)3-1-2-4-16/h5,7,17H,1-4,16H2,(H,18,19)/t5-/m0/s1. The molecule has 0 aromatic rings. The van der Waals surface area contributed by atoms with Crippen molar-refractivity contribution in [3.05, 3.63) is 0 Å². The molecule has 0 heterocycles. The SMILES string of the molecule is NCCCC[C@H](NC(C(F)(F)F)C(F)(F)F)C(=O)O. The highest BCUT2D eigenvalue weighted by Gasteiger charge is 2.57. The van der Waals surface area contributed by atoms with E-state index in [2.05, 4.69) is 0 Å². The van der Waals surface area contributed by atoms with Gasteiger partial charge in [0.15, 0.2) is 0 Å². The number of rotatable bonds is 7. The van der Waals surface area contributed by atoms with Crippen molar-refractivity contribution in [3.63, 3.8) is 0 Å². The molecule has 0 saturated heterocycles. The normalized spacial score (nSPS) is 14.7. The van der Waals surface area contributed by atoms with E-state index in [1.165, 1.54) is 0 Å². The highest BCUT2D eigenvalue weighted by atomic mass is 19.4. The molecular weight excluding hydrogens is 282 g/mol. The van der Waals surface area contributed by atoms with Gasteiger partial charge in [-0.25, -0.2) is 0 Å². The highest BCUT2D eigenvalue weighted by Crippen LogP contribution is 2.33. The van der Waals surface area contributed by atoms with Crippen LogP contribution in [-0.2, 0) is 4.79 Å². The minimum Gasteiger partial charge on any atom is -0.480 e. The predicted octanol–water partition coefficient (Wildman–Crippen LogP) is 1.65. The minimum absolute atomic E-state index is 0.114. The third kappa shape index (κ3) is 6.62. The zero-order valence-electron chi connectivity index (χ0n) is 9.68. The van der Waals surface area contributed by atoms with Gasteiger partial charge in [0.2, 0.25) is 6.04 Å². The molecule has 0 amide bonds. The second kappa shape index (κ2) is 6.94. The summed E-state index contributed by atoms with van der Waals surface area (Å²) in [5, 5.41) is 9.73. The van der Waals surface area contributed by atoms with Crippen LogP contribution in [0.1, 0.15) is 19.3 Å². The van der Waals surface area contributed by atoms with Crippen LogP contribution in [0.15, 0.2) is 0 Å². The Hall–Kier alpha value is -1.03. The van der Waals surface area contributed by atoms with Gasteiger partial charge in [-0.15, -0.1) is 0 Å². The number of hydrogen-bond donors (Lipinski definition) is 3. The average Bonchev–Trinajstić information content (AvgIpc) is 2.18. The molecule has 0 aliphatic rings. The van der Waals surface area contributed by atoms with E-state index in [0.29, 0.717) is 6.42 Å². The topological polar surface area (TPSA) is 75.3 Å². The lowest BCUT2D eigenvalue weighted by molar-refractivity contribution is -0.260. The second-order valence-corrected chi connectivity index (χ2v) is 3.86. The first-order valence-corrected chi connectivity index (χ1v) is 5.32. The van der Waals surface area contributed by atoms with Crippen molar-refractivity contribution >= 4 is 5.97 Å². The predicted molar refractivity (Wildman–Crippen MR) is 53.4 cm³/mol. The van der Waals surface area contributed by atoms with Crippen molar-refractivity contribution in [2.45, 2.75) is 43.7 Å². The van der Waals surface area contributed by atoms with Gasteiger partial charge in [-0.1, -0.05) is 6.42 Å². The molecule has 0 fully saturated rings. The number of carbonyl (C=O) groups is 1. The van der Waals surface area contributed by atoms with Gasteiger partial charge in [0, 0.05) is 0 Å². The van der Waals surface area contributed by atoms with Gasteiger partial charge < -0.3 is 10.8 Å². The molecule has 1 atom stereocenters. The lowest BCUT2D eigenvalue weighted by Gasteiger charge is -2.27. The Morgan fingerprint density at radius 3 is 1.89 bits per heavy atom. The first kappa shape index (κ1) is 18.0. The molecule has 0 radical (unpaired) electrons. The fourth-order valence-corrected chi connectivity index (χ4v) is 1.35. The molecule has 10 heteroatoms. The lowest BCUT2D eigenvalue weighted by atomic mass is 10.1. The van der Waals surface area contributed by atoms with Crippen LogP contribution in [0.5, 0.6) is 0 Å². The number of alkyl halides is 6. The summed E-state index contributed by atoms with van der Waals surface area (Å²) in [7, 11) is 0. The number of aliphatic carboxylic acids is 1. The minimum atomic E-state index is -5.61. The molecular formula is C9H14F6N2O2. The number of nitrogens with one attached hydrogen (secondary N) is 1. The van der Waals surface area contributed by atoms with E-state index in [4.69, 9.17) is 10.8 Å². The number of unbranched alkanes of at least 4 members (excludes halogenated alkanes) is 1. The van der Waals surface area contributed by atoms with Gasteiger partial charge in [-0.05, 0) is 19.4 Å². The molecule has 0 aromatic carbocycles. The molecule has 0 spiro atoms. The molecule has 19 heavy (non-hydrogen) atoms. The van der Waals surface area contributed by atoms with E-state index < -0.39 is 30.4 Å². The van der Waals surface area contributed by atoms with Crippen LogP contribution in [0.2, 0.25) is 0 Å². The van der Waals surface area contributed by atoms with Gasteiger partial charge in [0.05, 0.1) is 0 Å². The van der Waals surface area contributed by atoms with Gasteiger partial charge in [0.25, 0.3) is 0 Å². The average molecular weight is 296 g/mol. The summed E-state index contributed by atoms with van der Waals surface area (Å²) in [4.78, 5) is 10.7. The Labute approximate surface area is 104 Å². The van der Waals surface area contributed by atoms with Crippen LogP contribution in [0.4, 0.5) is 26.3 Å². The van der Waals surface area contributed by atoms with E-state index in [-0.39, 0.29) is 19.4 Å². The monoisotopic (exact) mass is 296 g/mol. The third-order valence-electron chi connectivity index (χ3n) is 2.27. The van der Waals surface area contributed by atoms with Crippen LogP contribution in [0.3, 0.4) is 0 Å². The Morgan fingerprint density at radius 2 is 1.58 bits per heavy atom. The highest BCUT2D eigenvalue weighted by molar-refractivity contribution is 5.73. The fraction of sp³-hybridized carbons (Fsp3) is 0.889. The van der Waals surface area contributed by atoms with Crippen LogP contribution in [0.25, 0.3) is 0 Å². The van der Waals surface area contributed by atoms with Crippen molar-refractivity contribution in [1.82, 2.24) is 5.32 Å². The Bertz CT molecular complexity index is 277. The number of hydrogen-bond acceptors (Lipinski definition) is 3. The first-order chi connectivity index (χ1) is 8.50. The number of nitrogens with two attached hydrogens (primary N) is 1. The molecule has 0 unspecified atom stereocenters. The summed E-state index contributed by atoms with van der Waals surface area (Å²) in [6, 6.07) is -5.79. The van der Waals surface area contributed by atoms with Gasteiger partial charge in [0.1, 0.15) is 6.04 Å². The quantitative estimate of drug-likeness (QED) is 0.493. The fourth-order valence-electron chi connectivity index (χ4n) is 1.35. The van der Waals surface area contributed by atoms with Gasteiger partial charge in [-0.2, -0.15) is 26.3 Å². The van der Waals surface area contributed by atoms with E-state index in [1.54, 1.807) is 0 Å². The summed E-state index contributed by atoms with van der Waals surface area (Å²) in [6.07, 6.45) is -11.2. The van der Waals surface area contributed by atoms with Crippen LogP contribution >= 0.6 is 0 Å². The third-order valence-corrected chi connectivity index (χ3v) is 2.27. The molecule has 0 aromatic heterocycles. The molecule has 0 aliphatic carbocycles. The van der Waals surface area contributed by atoms with E-state index in [9.17, 15) is 31.1 Å². The second-order valence-electron chi connectivity index (χ2n) is 3.86. The zero-order chi connectivity index (χ0) is 15.3. The largest absolute Gasteiger partial charge is 0.480 e. The number of carboxylic acids is 1. The molecule has 0 aliphatic heterocycles. The van der Waals surface area contributed by atoms with Gasteiger partial charge >= 0.3 is 18.3 Å². The van der Waals surface area contributed by atoms with Crippen LogP contribution in [-0.4, -0.2) is 42.1 Å². The summed E-state index contributed by atoms with van der Waals surface area (Å²) in [5.74, 6) is -1.77. The van der Waals surface area contributed by atoms with Crippen molar-refractivity contribution in [2.75, 3.05) is 6.54 Å². The molecule has 4 nitrogen and oxygen atoms in total. The summed E-state index contributed by atoms with van der Waals surface area (Å²) in [5.41, 5.74) is 5.10.